The lowest BCUT2D eigenvalue weighted by atomic mass is 10.1. The van der Waals surface area contributed by atoms with Gasteiger partial charge in [-0.3, -0.25) is 4.79 Å². The summed E-state index contributed by atoms with van der Waals surface area (Å²) in [5.41, 5.74) is -9.09. The molecule has 0 aliphatic heterocycles. The molecule has 0 saturated carbocycles. The molecule has 0 fully saturated rings. The van der Waals surface area contributed by atoms with Crippen molar-refractivity contribution in [3.63, 3.8) is 0 Å². The molecule has 0 atom stereocenters. The molecule has 2 aromatic heterocycles. The first-order valence-corrected chi connectivity index (χ1v) is 8.91. The van der Waals surface area contributed by atoms with Gasteiger partial charge in [0.05, 0.1) is 9.99 Å². The minimum Gasteiger partial charge on any atom is -0.477 e. The zero-order valence-corrected chi connectivity index (χ0v) is 15.8. The number of hydrogen-bond acceptors (Lipinski definition) is 6. The van der Waals surface area contributed by atoms with Crippen LogP contribution in [0.15, 0.2) is 9.27 Å². The molecule has 2 heterocycles. The molecule has 2 aromatic rings. The van der Waals surface area contributed by atoms with Gasteiger partial charge in [-0.05, 0) is 28.4 Å². The average Bonchev–Trinajstić information content (AvgIpc) is 2.48. The molecule has 0 radical (unpaired) electrons. The zero-order chi connectivity index (χ0) is 20.2. The van der Waals surface area contributed by atoms with Crippen LogP contribution in [0.25, 0.3) is 11.0 Å². The Kier molecular flexibility index (Phi) is 5.02. The maximum absolute atomic E-state index is 12.7. The Morgan fingerprint density at radius 2 is 1.92 bits per heavy atom. The molecule has 0 bridgehead atoms. The van der Waals surface area contributed by atoms with E-state index in [-0.39, 0.29) is 20.7 Å². The number of aryl methyl sites for hydroxylation is 2. The van der Waals surface area contributed by atoms with Crippen molar-refractivity contribution in [1.29, 1.82) is 0 Å². The van der Waals surface area contributed by atoms with Gasteiger partial charge in [-0.25, -0.2) is 9.78 Å². The van der Waals surface area contributed by atoms with E-state index in [2.05, 4.69) is 25.1 Å². The van der Waals surface area contributed by atoms with Crippen LogP contribution in [-0.4, -0.2) is 34.6 Å². The number of nitrogens with zero attached hydrogens (tertiary/aromatic N) is 2. The largest absolute Gasteiger partial charge is 0.534 e. The van der Waals surface area contributed by atoms with Gasteiger partial charge in [0.1, 0.15) is 10.7 Å². The molecule has 0 amide bonds. The van der Waals surface area contributed by atoms with Crippen LogP contribution in [0.3, 0.4) is 0 Å². The SMILES string of the molecule is Cc1c(Br)c(Cl)nc2c(OS(=O)(=O)C(F)(F)F)c(C(=O)O)c(=O)n(C)c12. The van der Waals surface area contributed by atoms with E-state index in [4.69, 9.17) is 11.6 Å². The molecule has 0 aliphatic rings. The quantitative estimate of drug-likeness (QED) is 0.409. The second-order valence-electron chi connectivity index (χ2n) is 4.90. The molecule has 14 heteroatoms. The summed E-state index contributed by atoms with van der Waals surface area (Å²) in [6.45, 7) is 1.40. The van der Waals surface area contributed by atoms with Crippen LogP contribution in [-0.2, 0) is 17.2 Å². The van der Waals surface area contributed by atoms with Crippen LogP contribution in [0.1, 0.15) is 15.9 Å². The number of carbonyl (C=O) groups is 1. The fourth-order valence-corrected chi connectivity index (χ4v) is 3.10. The third-order valence-electron chi connectivity index (χ3n) is 3.29. The highest BCUT2D eigenvalue weighted by Crippen LogP contribution is 2.37. The highest BCUT2D eigenvalue weighted by molar-refractivity contribution is 9.10. The van der Waals surface area contributed by atoms with Crippen LogP contribution < -0.4 is 9.74 Å². The lowest BCUT2D eigenvalue weighted by molar-refractivity contribution is -0.0500. The summed E-state index contributed by atoms with van der Waals surface area (Å²) in [5, 5.41) is 8.88. The van der Waals surface area contributed by atoms with E-state index in [1.807, 2.05) is 0 Å². The van der Waals surface area contributed by atoms with Gasteiger partial charge in [0.15, 0.2) is 11.3 Å². The summed E-state index contributed by atoms with van der Waals surface area (Å²) in [6.07, 6.45) is 0. The first-order valence-electron chi connectivity index (χ1n) is 6.33. The maximum atomic E-state index is 12.7. The van der Waals surface area contributed by atoms with Gasteiger partial charge in [0.25, 0.3) is 5.56 Å². The van der Waals surface area contributed by atoms with Crippen LogP contribution in [0.5, 0.6) is 5.75 Å². The van der Waals surface area contributed by atoms with Crippen molar-refractivity contribution < 1.29 is 35.7 Å². The predicted octanol–water partition coefficient (Wildman–Crippen LogP) is 2.58. The Balaban J connectivity index is 3.09. The maximum Gasteiger partial charge on any atom is 0.534 e. The number of pyridine rings is 2. The average molecular weight is 480 g/mol. The van der Waals surface area contributed by atoms with Crippen molar-refractivity contribution in [3.05, 3.63) is 31.1 Å². The first kappa shape index (κ1) is 20.5. The summed E-state index contributed by atoms with van der Waals surface area (Å²) < 4.78 is 65.6. The van der Waals surface area contributed by atoms with Crippen molar-refractivity contribution in [3.8, 4) is 5.75 Å². The predicted molar refractivity (Wildman–Crippen MR) is 87.0 cm³/mol. The molecule has 0 unspecified atom stereocenters. The number of carboxylic acids is 1. The minimum atomic E-state index is -6.27. The molecule has 0 saturated heterocycles. The molecular weight excluding hydrogens is 473 g/mol. The standard InChI is InChI=1S/C12H7BrClF3N2O6S/c1-3-5(13)9(14)18-6-7(3)19(2)10(20)4(11(21)22)8(6)25-26(23,24)12(15,16)17/h1-2H3,(H,21,22). The summed E-state index contributed by atoms with van der Waals surface area (Å²) in [7, 11) is -5.14. The van der Waals surface area contributed by atoms with Crippen LogP contribution in [0.2, 0.25) is 5.15 Å². The number of alkyl halides is 3. The highest BCUT2D eigenvalue weighted by atomic mass is 79.9. The van der Waals surface area contributed by atoms with Crippen molar-refractivity contribution in [1.82, 2.24) is 9.55 Å². The monoisotopic (exact) mass is 478 g/mol. The lowest BCUT2D eigenvalue weighted by Gasteiger charge is -2.17. The Labute approximate surface area is 156 Å². The van der Waals surface area contributed by atoms with E-state index < -0.39 is 44.0 Å². The normalized spacial score (nSPS) is 12.4. The van der Waals surface area contributed by atoms with Gasteiger partial charge in [-0.1, -0.05) is 11.6 Å². The summed E-state index contributed by atoms with van der Waals surface area (Å²) in [4.78, 5) is 27.3. The van der Waals surface area contributed by atoms with E-state index in [1.54, 1.807) is 0 Å². The minimum absolute atomic E-state index is 0.163. The fourth-order valence-electron chi connectivity index (χ4n) is 2.12. The van der Waals surface area contributed by atoms with Crippen molar-refractivity contribution in [2.45, 2.75) is 12.4 Å². The summed E-state index contributed by atoms with van der Waals surface area (Å²) >= 11 is 8.89. The molecule has 2 rings (SSSR count). The Morgan fingerprint density at radius 3 is 2.38 bits per heavy atom. The van der Waals surface area contributed by atoms with Crippen LogP contribution in [0.4, 0.5) is 13.2 Å². The lowest BCUT2D eigenvalue weighted by Crippen LogP contribution is -2.32. The van der Waals surface area contributed by atoms with Gasteiger partial charge in [0, 0.05) is 7.05 Å². The second kappa shape index (κ2) is 6.39. The number of aromatic carboxylic acids is 1. The first-order chi connectivity index (χ1) is 11.7. The van der Waals surface area contributed by atoms with Crippen molar-refractivity contribution in [2.75, 3.05) is 0 Å². The third kappa shape index (κ3) is 3.14. The molecule has 26 heavy (non-hydrogen) atoms. The van der Waals surface area contributed by atoms with E-state index in [1.165, 1.54) is 6.92 Å². The number of fused-ring (bicyclic) bond motifs is 1. The van der Waals surface area contributed by atoms with E-state index in [0.717, 1.165) is 11.6 Å². The second-order valence-corrected chi connectivity index (χ2v) is 7.58. The Hall–Kier alpha value is -1.86. The molecular formula is C12H7BrClF3N2O6S. The number of hydrogen-bond donors (Lipinski definition) is 1. The smallest absolute Gasteiger partial charge is 0.477 e. The Morgan fingerprint density at radius 1 is 1.38 bits per heavy atom. The number of rotatable bonds is 3. The molecule has 0 aromatic carbocycles. The molecule has 8 nitrogen and oxygen atoms in total. The number of halogens is 5. The molecule has 142 valence electrons. The molecule has 0 spiro atoms. The summed E-state index contributed by atoms with van der Waals surface area (Å²) in [6, 6.07) is 0. The van der Waals surface area contributed by atoms with Gasteiger partial charge in [-0.15, -0.1) is 0 Å². The number of carboxylic acid groups (broad SMARTS) is 1. The molecule has 1 N–H and O–H groups in total. The van der Waals surface area contributed by atoms with Crippen molar-refractivity contribution >= 4 is 54.7 Å². The van der Waals surface area contributed by atoms with E-state index in [9.17, 15) is 36.3 Å². The molecule has 0 aliphatic carbocycles. The van der Waals surface area contributed by atoms with Gasteiger partial charge < -0.3 is 13.9 Å². The van der Waals surface area contributed by atoms with Crippen molar-refractivity contribution in [2.24, 2.45) is 7.05 Å². The third-order valence-corrected chi connectivity index (χ3v) is 5.71. The van der Waals surface area contributed by atoms with Gasteiger partial charge in [0.2, 0.25) is 0 Å². The van der Waals surface area contributed by atoms with Gasteiger partial charge >= 0.3 is 21.6 Å². The van der Waals surface area contributed by atoms with Crippen LogP contribution in [0, 0.1) is 6.92 Å². The fraction of sp³-hybridized carbons (Fsp3) is 0.250. The number of aromatic nitrogens is 2. The van der Waals surface area contributed by atoms with E-state index in [0.29, 0.717) is 0 Å². The van der Waals surface area contributed by atoms with E-state index >= 15 is 0 Å². The topological polar surface area (TPSA) is 116 Å². The van der Waals surface area contributed by atoms with Crippen LogP contribution >= 0.6 is 27.5 Å². The highest BCUT2D eigenvalue weighted by Gasteiger charge is 2.49. The Bertz CT molecular complexity index is 1110. The van der Waals surface area contributed by atoms with Gasteiger partial charge in [-0.2, -0.15) is 21.6 Å². The zero-order valence-electron chi connectivity index (χ0n) is 12.7. The summed E-state index contributed by atoms with van der Waals surface area (Å²) in [5.74, 6) is -3.37.